The molecule has 0 aliphatic rings. The lowest BCUT2D eigenvalue weighted by Gasteiger charge is -2.15. The van der Waals surface area contributed by atoms with Crippen LogP contribution in [0, 0.1) is 0 Å². The first-order valence-corrected chi connectivity index (χ1v) is 8.66. The lowest BCUT2D eigenvalue weighted by atomic mass is 10.1. The number of ether oxygens (including phenoxy) is 1. The molecule has 3 aromatic heterocycles. The summed E-state index contributed by atoms with van der Waals surface area (Å²) in [6.07, 6.45) is -1.39. The van der Waals surface area contributed by atoms with Gasteiger partial charge in [0.1, 0.15) is 5.76 Å². The summed E-state index contributed by atoms with van der Waals surface area (Å²) in [6, 6.07) is 5.77. The summed E-state index contributed by atoms with van der Waals surface area (Å²) in [6.45, 7) is 1.70. The number of furan rings is 1. The fourth-order valence-corrected chi connectivity index (χ4v) is 2.68. The van der Waals surface area contributed by atoms with Gasteiger partial charge < -0.3 is 14.5 Å². The molecule has 0 aromatic carbocycles. The molecule has 0 saturated heterocycles. The van der Waals surface area contributed by atoms with Crippen molar-refractivity contribution >= 4 is 5.91 Å². The Morgan fingerprint density at radius 3 is 2.69 bits per heavy atom. The Labute approximate surface area is 163 Å². The van der Waals surface area contributed by atoms with Crippen molar-refractivity contribution < 1.29 is 27.1 Å². The van der Waals surface area contributed by atoms with Crippen LogP contribution in [0.2, 0.25) is 0 Å². The Kier molecular flexibility index (Phi) is 5.85. The molecule has 1 amide bonds. The topological polar surface area (TPSA) is 95.1 Å². The first-order chi connectivity index (χ1) is 13.8. The Balaban J connectivity index is 1.80. The normalized spacial score (nSPS) is 12.6. The van der Waals surface area contributed by atoms with Gasteiger partial charge >= 0.3 is 6.18 Å². The van der Waals surface area contributed by atoms with Crippen LogP contribution >= 0.6 is 0 Å². The molecule has 0 saturated carbocycles. The molecule has 0 fully saturated rings. The Bertz CT molecular complexity index is 952. The summed E-state index contributed by atoms with van der Waals surface area (Å²) in [5.41, 5.74) is -1.83. The predicted molar refractivity (Wildman–Crippen MR) is 94.7 cm³/mol. The van der Waals surface area contributed by atoms with Crippen LogP contribution in [0.25, 0.3) is 5.82 Å². The van der Waals surface area contributed by atoms with Gasteiger partial charge in [0.05, 0.1) is 25.1 Å². The fraction of sp³-hybridized carbons (Fsp3) is 0.333. The van der Waals surface area contributed by atoms with E-state index in [-0.39, 0.29) is 17.7 Å². The van der Waals surface area contributed by atoms with Gasteiger partial charge in [-0.15, -0.1) is 10.2 Å². The number of amides is 1. The number of rotatable bonds is 7. The molecule has 0 aliphatic heterocycles. The minimum Gasteiger partial charge on any atom is -0.480 e. The van der Waals surface area contributed by atoms with E-state index in [1.807, 2.05) is 0 Å². The molecule has 1 N–H and O–H groups in total. The van der Waals surface area contributed by atoms with Crippen molar-refractivity contribution in [1.29, 1.82) is 0 Å². The van der Waals surface area contributed by atoms with E-state index >= 15 is 0 Å². The number of aryl methyl sites for hydroxylation is 1. The molecule has 0 radical (unpaired) electrons. The minimum atomic E-state index is -4.83. The van der Waals surface area contributed by atoms with Crippen LogP contribution in [0.3, 0.4) is 0 Å². The standard InChI is InChI=1S/C18H18F3N5O3/c1-11(5-6-12-4-3-9-29-12)23-17(27)13-10-22-26(16(13)18(19,20)21)14-7-8-15(28-2)25-24-14/h3-4,7-11H,5-6H2,1-2H3,(H,23,27). The molecule has 0 spiro atoms. The van der Waals surface area contributed by atoms with E-state index in [2.05, 4.69) is 20.6 Å². The maximum absolute atomic E-state index is 13.7. The highest BCUT2D eigenvalue weighted by molar-refractivity contribution is 5.95. The molecule has 154 valence electrons. The third-order valence-electron chi connectivity index (χ3n) is 4.12. The number of nitrogens with zero attached hydrogens (tertiary/aromatic N) is 4. The zero-order valence-corrected chi connectivity index (χ0v) is 15.6. The second-order valence-corrected chi connectivity index (χ2v) is 6.24. The summed E-state index contributed by atoms with van der Waals surface area (Å²) < 4.78 is 51.6. The summed E-state index contributed by atoms with van der Waals surface area (Å²) >= 11 is 0. The molecular formula is C18H18F3N5O3. The molecule has 1 unspecified atom stereocenters. The van der Waals surface area contributed by atoms with Crippen molar-refractivity contribution in [3.63, 3.8) is 0 Å². The number of hydrogen-bond donors (Lipinski definition) is 1. The molecule has 0 aliphatic carbocycles. The largest absolute Gasteiger partial charge is 0.480 e. The zero-order valence-electron chi connectivity index (χ0n) is 15.6. The van der Waals surface area contributed by atoms with Gasteiger partial charge in [0, 0.05) is 18.5 Å². The van der Waals surface area contributed by atoms with Gasteiger partial charge in [-0.05, 0) is 31.5 Å². The molecule has 29 heavy (non-hydrogen) atoms. The number of carbonyl (C=O) groups is 1. The number of carbonyl (C=O) groups excluding carboxylic acids is 1. The van der Waals surface area contributed by atoms with E-state index in [9.17, 15) is 18.0 Å². The highest BCUT2D eigenvalue weighted by Gasteiger charge is 2.41. The molecule has 3 heterocycles. The number of alkyl halides is 3. The van der Waals surface area contributed by atoms with Crippen molar-refractivity contribution in [3.05, 3.63) is 53.7 Å². The quantitative estimate of drug-likeness (QED) is 0.645. The Hall–Kier alpha value is -3.37. The van der Waals surface area contributed by atoms with Gasteiger partial charge in [-0.25, -0.2) is 4.68 Å². The van der Waals surface area contributed by atoms with Gasteiger partial charge in [-0.1, -0.05) is 0 Å². The summed E-state index contributed by atoms with van der Waals surface area (Å²) in [4.78, 5) is 12.5. The monoisotopic (exact) mass is 409 g/mol. The second kappa shape index (κ2) is 8.33. The van der Waals surface area contributed by atoms with E-state index < -0.39 is 23.3 Å². The van der Waals surface area contributed by atoms with Crippen LogP contribution in [-0.2, 0) is 12.6 Å². The maximum atomic E-state index is 13.7. The second-order valence-electron chi connectivity index (χ2n) is 6.24. The molecule has 3 aromatic rings. The summed E-state index contributed by atoms with van der Waals surface area (Å²) in [5.74, 6) is -0.203. The van der Waals surface area contributed by atoms with E-state index in [4.69, 9.17) is 9.15 Å². The van der Waals surface area contributed by atoms with Crippen molar-refractivity contribution in [1.82, 2.24) is 25.3 Å². The van der Waals surface area contributed by atoms with Gasteiger partial charge in [-0.2, -0.15) is 18.3 Å². The lowest BCUT2D eigenvalue weighted by molar-refractivity contribution is -0.143. The van der Waals surface area contributed by atoms with Gasteiger partial charge in [0.25, 0.3) is 5.91 Å². The van der Waals surface area contributed by atoms with Gasteiger partial charge in [-0.3, -0.25) is 4.79 Å². The summed E-state index contributed by atoms with van der Waals surface area (Å²) in [5, 5.41) is 13.6. The number of halogens is 3. The van der Waals surface area contributed by atoms with Crippen LogP contribution in [0.15, 0.2) is 41.1 Å². The average molecular weight is 409 g/mol. The van der Waals surface area contributed by atoms with Crippen molar-refractivity contribution in [2.75, 3.05) is 7.11 Å². The van der Waals surface area contributed by atoms with E-state index in [1.54, 1.807) is 19.1 Å². The predicted octanol–water partition coefficient (Wildman–Crippen LogP) is 3.03. The third-order valence-corrected chi connectivity index (χ3v) is 4.12. The minimum absolute atomic E-state index is 0.137. The Morgan fingerprint density at radius 2 is 2.10 bits per heavy atom. The Morgan fingerprint density at radius 1 is 1.31 bits per heavy atom. The highest BCUT2D eigenvalue weighted by Crippen LogP contribution is 2.33. The van der Waals surface area contributed by atoms with Crippen LogP contribution in [0.4, 0.5) is 13.2 Å². The number of aromatic nitrogens is 4. The van der Waals surface area contributed by atoms with Crippen molar-refractivity contribution in [2.45, 2.75) is 32.0 Å². The van der Waals surface area contributed by atoms with E-state index in [1.165, 1.54) is 25.5 Å². The molecule has 11 heteroatoms. The average Bonchev–Trinajstić information content (AvgIpc) is 3.36. The van der Waals surface area contributed by atoms with Crippen molar-refractivity contribution in [2.24, 2.45) is 0 Å². The lowest BCUT2D eigenvalue weighted by Crippen LogP contribution is -2.34. The third kappa shape index (κ3) is 4.73. The molecule has 0 bridgehead atoms. The molecular weight excluding hydrogens is 391 g/mol. The zero-order chi connectivity index (χ0) is 21.0. The first kappa shape index (κ1) is 20.4. The van der Waals surface area contributed by atoms with Crippen LogP contribution in [-0.4, -0.2) is 39.0 Å². The van der Waals surface area contributed by atoms with E-state index in [0.717, 1.165) is 12.0 Å². The molecule has 1 atom stereocenters. The van der Waals surface area contributed by atoms with Gasteiger partial charge in [0.2, 0.25) is 5.88 Å². The number of hydrogen-bond acceptors (Lipinski definition) is 6. The van der Waals surface area contributed by atoms with Gasteiger partial charge in [0.15, 0.2) is 11.5 Å². The van der Waals surface area contributed by atoms with Crippen LogP contribution in [0.5, 0.6) is 5.88 Å². The SMILES string of the molecule is COc1ccc(-n2ncc(C(=O)NC(C)CCc3ccco3)c2C(F)(F)F)nn1. The highest BCUT2D eigenvalue weighted by atomic mass is 19.4. The van der Waals surface area contributed by atoms with Crippen LogP contribution in [0.1, 0.15) is 35.2 Å². The fourth-order valence-electron chi connectivity index (χ4n) is 2.68. The molecule has 8 nitrogen and oxygen atoms in total. The summed E-state index contributed by atoms with van der Waals surface area (Å²) in [7, 11) is 1.36. The maximum Gasteiger partial charge on any atom is 0.434 e. The number of nitrogens with one attached hydrogen (secondary N) is 1. The van der Waals surface area contributed by atoms with Crippen molar-refractivity contribution in [3.8, 4) is 11.7 Å². The number of methoxy groups -OCH3 is 1. The first-order valence-electron chi connectivity index (χ1n) is 8.66. The molecule has 3 rings (SSSR count). The smallest absolute Gasteiger partial charge is 0.434 e. The van der Waals surface area contributed by atoms with E-state index in [0.29, 0.717) is 17.5 Å². The van der Waals surface area contributed by atoms with Crippen LogP contribution < -0.4 is 10.1 Å².